The van der Waals surface area contributed by atoms with Crippen molar-refractivity contribution in [1.82, 2.24) is 14.5 Å². The Labute approximate surface area is 213 Å². The van der Waals surface area contributed by atoms with Crippen molar-refractivity contribution in [3.05, 3.63) is 18.0 Å². The number of aromatic nitrogens is 3. The second kappa shape index (κ2) is 9.24. The maximum absolute atomic E-state index is 10.6. The SMILES string of the molecule is CC[C@@H](O)[C@H]1O[C@@H](n2ccc3c(C)nc(N=C(OC(C)(C)C)OC(C)(C)C)nc32)[C@@H]2OC(C)(C)O[C@@H]21. The van der Waals surface area contributed by atoms with E-state index in [0.717, 1.165) is 11.1 Å². The van der Waals surface area contributed by atoms with E-state index in [1.54, 1.807) is 0 Å². The highest BCUT2D eigenvalue weighted by molar-refractivity contribution is 5.80. The van der Waals surface area contributed by atoms with Gasteiger partial charge in [0.2, 0.25) is 0 Å². The van der Waals surface area contributed by atoms with Crippen molar-refractivity contribution < 1.29 is 28.8 Å². The first-order chi connectivity index (χ1) is 16.6. The number of hydrogen-bond acceptors (Lipinski definition) is 9. The minimum absolute atomic E-state index is 0.101. The summed E-state index contributed by atoms with van der Waals surface area (Å²) in [5.74, 6) is -0.567. The van der Waals surface area contributed by atoms with Crippen LogP contribution in [-0.4, -0.2) is 67.1 Å². The Morgan fingerprint density at radius 3 is 2.31 bits per heavy atom. The number of ether oxygens (including phenoxy) is 5. The minimum atomic E-state index is -0.782. The van der Waals surface area contributed by atoms with E-state index in [2.05, 4.69) is 9.98 Å². The Bertz CT molecular complexity index is 1110. The summed E-state index contributed by atoms with van der Waals surface area (Å²) in [6.45, 7) is 19.1. The molecule has 10 heteroatoms. The number of aliphatic hydroxyl groups excluding tert-OH is 1. The van der Waals surface area contributed by atoms with Gasteiger partial charge >= 0.3 is 6.08 Å². The monoisotopic (exact) mass is 504 g/mol. The van der Waals surface area contributed by atoms with Gasteiger partial charge in [0.1, 0.15) is 35.2 Å². The first-order valence-corrected chi connectivity index (χ1v) is 12.6. The summed E-state index contributed by atoms with van der Waals surface area (Å²) < 4.78 is 32.5. The molecule has 0 aliphatic carbocycles. The lowest BCUT2D eigenvalue weighted by atomic mass is 10.0. The van der Waals surface area contributed by atoms with Crippen LogP contribution in [0.15, 0.2) is 17.3 Å². The Hall–Kier alpha value is -2.27. The van der Waals surface area contributed by atoms with Gasteiger partial charge in [-0.2, -0.15) is 4.98 Å². The van der Waals surface area contributed by atoms with Crippen molar-refractivity contribution in [2.24, 2.45) is 4.99 Å². The smallest absolute Gasteiger partial charge is 0.392 e. The number of aryl methyl sites for hydroxylation is 1. The van der Waals surface area contributed by atoms with Crippen LogP contribution in [0.1, 0.15) is 80.7 Å². The summed E-state index contributed by atoms with van der Waals surface area (Å²) in [7, 11) is 0. The van der Waals surface area contributed by atoms with Crippen molar-refractivity contribution >= 4 is 23.1 Å². The molecule has 10 nitrogen and oxygen atoms in total. The summed E-state index contributed by atoms with van der Waals surface area (Å²) in [5, 5.41) is 11.5. The summed E-state index contributed by atoms with van der Waals surface area (Å²) in [6.07, 6.45) is 0.00263. The zero-order valence-corrected chi connectivity index (χ0v) is 23.0. The molecule has 0 bridgehead atoms. The van der Waals surface area contributed by atoms with Gasteiger partial charge in [-0.15, -0.1) is 4.99 Å². The molecule has 0 spiro atoms. The van der Waals surface area contributed by atoms with Crippen LogP contribution in [0.4, 0.5) is 5.95 Å². The lowest BCUT2D eigenvalue weighted by Gasteiger charge is -2.27. The van der Waals surface area contributed by atoms with Gasteiger partial charge in [-0.25, -0.2) is 4.98 Å². The molecule has 200 valence electrons. The lowest BCUT2D eigenvalue weighted by Crippen LogP contribution is -2.38. The molecule has 0 saturated carbocycles. The maximum Gasteiger partial charge on any atom is 0.392 e. The fraction of sp³-hybridized carbons (Fsp3) is 0.731. The molecule has 2 fully saturated rings. The molecule has 2 aliphatic rings. The highest BCUT2D eigenvalue weighted by atomic mass is 16.8. The van der Waals surface area contributed by atoms with Gasteiger partial charge in [0.25, 0.3) is 5.95 Å². The predicted molar refractivity (Wildman–Crippen MR) is 135 cm³/mol. The van der Waals surface area contributed by atoms with Crippen LogP contribution in [0.5, 0.6) is 0 Å². The van der Waals surface area contributed by atoms with E-state index >= 15 is 0 Å². The van der Waals surface area contributed by atoms with E-state index in [1.165, 1.54) is 0 Å². The Morgan fingerprint density at radius 1 is 1.11 bits per heavy atom. The van der Waals surface area contributed by atoms with Gasteiger partial charge in [-0.1, -0.05) is 6.92 Å². The molecule has 4 rings (SSSR count). The second-order valence-electron chi connectivity index (χ2n) is 11.9. The van der Waals surface area contributed by atoms with Crippen LogP contribution >= 0.6 is 0 Å². The summed E-state index contributed by atoms with van der Waals surface area (Å²) >= 11 is 0. The summed E-state index contributed by atoms with van der Waals surface area (Å²) in [6, 6.07) is 1.94. The van der Waals surface area contributed by atoms with Crippen molar-refractivity contribution in [1.29, 1.82) is 0 Å². The van der Waals surface area contributed by atoms with E-state index in [-0.39, 0.29) is 12.0 Å². The second-order valence-corrected chi connectivity index (χ2v) is 11.9. The molecule has 0 unspecified atom stereocenters. The lowest BCUT2D eigenvalue weighted by molar-refractivity contribution is -0.206. The molecule has 2 aromatic heterocycles. The molecule has 2 aliphatic heterocycles. The number of rotatable bonds is 4. The van der Waals surface area contributed by atoms with Gasteiger partial charge in [0.05, 0.1) is 11.8 Å². The standard InChI is InChI=1S/C26H40N4O6/c1-11-16(31)17-18-19(34-26(9,10)33-18)21(32-17)30-13-12-15-14(2)27-22(28-20(15)30)29-23(35-24(3,4)5)36-25(6,7)8/h12-13,16-19,21,31H,11H2,1-10H3/t16-,17-,18-,19-,21-/m1/s1. The van der Waals surface area contributed by atoms with Crippen LogP contribution in [0.2, 0.25) is 0 Å². The molecule has 2 saturated heterocycles. The van der Waals surface area contributed by atoms with Gasteiger partial charge < -0.3 is 33.4 Å². The molecule has 0 radical (unpaired) electrons. The Kier molecular flexibility index (Phi) is 6.87. The molecule has 2 aromatic rings. The zero-order chi connectivity index (χ0) is 26.6. The van der Waals surface area contributed by atoms with Crippen LogP contribution in [0.3, 0.4) is 0 Å². The fourth-order valence-corrected chi connectivity index (χ4v) is 4.47. The summed E-state index contributed by atoms with van der Waals surface area (Å²) in [4.78, 5) is 13.9. The predicted octanol–water partition coefficient (Wildman–Crippen LogP) is 4.55. The van der Waals surface area contributed by atoms with Crippen LogP contribution in [0.25, 0.3) is 11.0 Å². The topological polar surface area (TPSA) is 109 Å². The van der Waals surface area contributed by atoms with Crippen molar-refractivity contribution in [3.8, 4) is 0 Å². The molecule has 1 N–H and O–H groups in total. The maximum atomic E-state index is 10.6. The van der Waals surface area contributed by atoms with Crippen molar-refractivity contribution in [2.75, 3.05) is 0 Å². The average molecular weight is 505 g/mol. The van der Waals surface area contributed by atoms with E-state index in [0.29, 0.717) is 12.1 Å². The highest BCUT2D eigenvalue weighted by Crippen LogP contribution is 2.45. The van der Waals surface area contributed by atoms with E-state index < -0.39 is 47.6 Å². The van der Waals surface area contributed by atoms with Crippen LogP contribution in [-0.2, 0) is 23.7 Å². The normalized spacial score (nSPS) is 26.6. The Balaban J connectivity index is 1.75. The summed E-state index contributed by atoms with van der Waals surface area (Å²) in [5.41, 5.74) is 0.360. The van der Waals surface area contributed by atoms with Crippen LogP contribution < -0.4 is 0 Å². The first-order valence-electron chi connectivity index (χ1n) is 12.6. The van der Waals surface area contributed by atoms with Gasteiger partial charge in [0, 0.05) is 11.6 Å². The molecule has 0 aromatic carbocycles. The number of aliphatic hydroxyl groups is 1. The molecule has 5 atom stereocenters. The third-order valence-electron chi connectivity index (χ3n) is 5.87. The number of aliphatic imine (C=N–C) groups is 1. The molecule has 36 heavy (non-hydrogen) atoms. The van der Waals surface area contributed by atoms with Crippen LogP contribution in [0, 0.1) is 6.92 Å². The van der Waals surface area contributed by atoms with Gasteiger partial charge in [-0.3, -0.25) is 0 Å². The number of hydrogen-bond donors (Lipinski definition) is 1. The van der Waals surface area contributed by atoms with Gasteiger partial charge in [0.15, 0.2) is 12.0 Å². The number of fused-ring (bicyclic) bond motifs is 2. The average Bonchev–Trinajstić information content (AvgIpc) is 3.35. The largest absolute Gasteiger partial charge is 0.445 e. The molecular formula is C26H40N4O6. The van der Waals surface area contributed by atoms with E-state index in [9.17, 15) is 5.11 Å². The van der Waals surface area contributed by atoms with E-state index in [1.807, 2.05) is 86.1 Å². The van der Waals surface area contributed by atoms with Crippen molar-refractivity contribution in [3.63, 3.8) is 0 Å². The molecule has 0 amide bonds. The third kappa shape index (κ3) is 5.66. The molecular weight excluding hydrogens is 464 g/mol. The first kappa shape index (κ1) is 26.8. The van der Waals surface area contributed by atoms with E-state index in [4.69, 9.17) is 28.7 Å². The zero-order valence-electron chi connectivity index (χ0n) is 23.0. The Morgan fingerprint density at radius 2 is 1.72 bits per heavy atom. The fourth-order valence-electron chi connectivity index (χ4n) is 4.47. The minimum Gasteiger partial charge on any atom is -0.445 e. The number of nitrogens with zero attached hydrogens (tertiary/aromatic N) is 4. The molecule has 4 heterocycles. The third-order valence-corrected chi connectivity index (χ3v) is 5.87. The quantitative estimate of drug-likeness (QED) is 0.477. The highest BCUT2D eigenvalue weighted by Gasteiger charge is 2.57. The van der Waals surface area contributed by atoms with Gasteiger partial charge in [-0.05, 0) is 74.8 Å². The van der Waals surface area contributed by atoms with Crippen molar-refractivity contribution in [2.45, 2.75) is 123 Å².